The number of aromatic nitrogens is 1. The number of hydrogen-bond acceptors (Lipinski definition) is 2. The highest BCUT2D eigenvalue weighted by atomic mass is 16.4. The van der Waals surface area contributed by atoms with E-state index in [0.717, 1.165) is 29.5 Å². The molecule has 150 valence electrons. The summed E-state index contributed by atoms with van der Waals surface area (Å²) in [5.74, 6) is -1.19. The highest BCUT2D eigenvalue weighted by Gasteiger charge is 2.15. The molecule has 4 nitrogen and oxygen atoms in total. The second-order valence-electron chi connectivity index (χ2n) is 7.47. The molecule has 4 aromatic rings. The lowest BCUT2D eigenvalue weighted by Gasteiger charge is -2.13. The lowest BCUT2D eigenvalue weighted by Crippen LogP contribution is -2.19. The molecule has 0 amide bonds. The first kappa shape index (κ1) is 19.6. The molecule has 0 saturated carbocycles. The molecule has 4 heteroatoms. The molecule has 0 aliphatic heterocycles. The van der Waals surface area contributed by atoms with Gasteiger partial charge in [-0.25, -0.2) is 4.79 Å². The van der Waals surface area contributed by atoms with E-state index in [-0.39, 0.29) is 5.56 Å². The number of hydrogen-bond donors (Lipinski definition) is 1. The highest BCUT2D eigenvalue weighted by molar-refractivity contribution is 5.92. The third-order valence-electron chi connectivity index (χ3n) is 5.33. The zero-order valence-corrected chi connectivity index (χ0v) is 16.6. The molecule has 0 saturated heterocycles. The van der Waals surface area contributed by atoms with Crippen molar-refractivity contribution in [3.05, 3.63) is 118 Å². The Morgan fingerprint density at radius 1 is 0.833 bits per heavy atom. The first-order valence-electron chi connectivity index (χ1n) is 10.1. The van der Waals surface area contributed by atoms with Crippen molar-refractivity contribution >= 4 is 16.9 Å². The summed E-state index contributed by atoms with van der Waals surface area (Å²) in [6, 6.07) is 26.0. The van der Waals surface area contributed by atoms with Crippen LogP contribution < -0.4 is 5.43 Å². The van der Waals surface area contributed by atoms with Gasteiger partial charge in [-0.3, -0.25) is 4.79 Å². The van der Waals surface area contributed by atoms with Gasteiger partial charge in [0.2, 0.25) is 5.43 Å². The maximum Gasteiger partial charge on any atom is 0.341 e. The molecule has 30 heavy (non-hydrogen) atoms. The summed E-state index contributed by atoms with van der Waals surface area (Å²) in [5, 5.41) is 10.0. The molecular formula is C26H23NO3. The second-order valence-corrected chi connectivity index (χ2v) is 7.47. The average molecular weight is 397 g/mol. The van der Waals surface area contributed by atoms with Gasteiger partial charge in [-0.15, -0.1) is 0 Å². The van der Waals surface area contributed by atoms with Gasteiger partial charge >= 0.3 is 5.97 Å². The molecule has 1 heterocycles. The first-order valence-corrected chi connectivity index (χ1v) is 10.1. The number of nitrogens with zero attached hydrogens (tertiary/aromatic N) is 1. The lowest BCUT2D eigenvalue weighted by atomic mass is 10.0. The Morgan fingerprint density at radius 2 is 1.50 bits per heavy atom. The van der Waals surface area contributed by atoms with Gasteiger partial charge in [0.1, 0.15) is 5.56 Å². The maximum atomic E-state index is 12.8. The van der Waals surface area contributed by atoms with Gasteiger partial charge in [-0.2, -0.15) is 0 Å². The fourth-order valence-electron chi connectivity index (χ4n) is 3.82. The molecule has 3 aromatic carbocycles. The van der Waals surface area contributed by atoms with Crippen LogP contribution in [0.25, 0.3) is 10.9 Å². The van der Waals surface area contributed by atoms with Gasteiger partial charge in [0.05, 0.1) is 5.52 Å². The Balaban J connectivity index is 1.67. The van der Waals surface area contributed by atoms with E-state index in [1.165, 1.54) is 11.8 Å². The minimum absolute atomic E-state index is 0.181. The average Bonchev–Trinajstić information content (AvgIpc) is 2.77. The van der Waals surface area contributed by atoms with Crippen LogP contribution in [0.4, 0.5) is 0 Å². The van der Waals surface area contributed by atoms with Crippen LogP contribution in [0.2, 0.25) is 0 Å². The summed E-state index contributed by atoms with van der Waals surface area (Å²) in [7, 11) is 0. The van der Waals surface area contributed by atoms with E-state index in [4.69, 9.17) is 0 Å². The van der Waals surface area contributed by atoms with Gasteiger partial charge in [-0.1, -0.05) is 66.7 Å². The van der Waals surface area contributed by atoms with E-state index >= 15 is 0 Å². The van der Waals surface area contributed by atoms with Crippen LogP contribution in [0, 0.1) is 0 Å². The molecule has 4 rings (SSSR count). The quantitative estimate of drug-likeness (QED) is 0.481. The number of aromatic carboxylic acids is 1. The minimum atomic E-state index is -1.19. The van der Waals surface area contributed by atoms with E-state index in [2.05, 4.69) is 12.1 Å². The van der Waals surface area contributed by atoms with E-state index in [1.807, 2.05) is 71.3 Å². The van der Waals surface area contributed by atoms with Crippen LogP contribution in [0.3, 0.4) is 0 Å². The number of carboxylic acid groups (broad SMARTS) is 1. The zero-order valence-electron chi connectivity index (χ0n) is 16.6. The number of rotatable bonds is 7. The molecule has 0 unspecified atom stereocenters. The fraction of sp³-hybridized carbons (Fsp3) is 0.154. The van der Waals surface area contributed by atoms with Gasteiger partial charge in [0.15, 0.2) is 0 Å². The lowest BCUT2D eigenvalue weighted by molar-refractivity contribution is 0.0695. The van der Waals surface area contributed by atoms with Crippen molar-refractivity contribution in [2.75, 3.05) is 0 Å². The van der Waals surface area contributed by atoms with Crippen molar-refractivity contribution in [2.45, 2.75) is 25.8 Å². The van der Waals surface area contributed by atoms with Crippen molar-refractivity contribution in [2.24, 2.45) is 0 Å². The van der Waals surface area contributed by atoms with Crippen molar-refractivity contribution in [1.82, 2.24) is 4.57 Å². The number of fused-ring (bicyclic) bond motifs is 1. The summed E-state index contributed by atoms with van der Waals surface area (Å²) in [4.78, 5) is 24.5. The largest absolute Gasteiger partial charge is 0.477 e. The summed E-state index contributed by atoms with van der Waals surface area (Å²) < 4.78 is 1.90. The molecule has 0 atom stereocenters. The number of benzene rings is 3. The topological polar surface area (TPSA) is 59.3 Å². The van der Waals surface area contributed by atoms with Crippen molar-refractivity contribution < 1.29 is 9.90 Å². The van der Waals surface area contributed by atoms with Gasteiger partial charge in [0.25, 0.3) is 0 Å². The minimum Gasteiger partial charge on any atom is -0.477 e. The molecular weight excluding hydrogens is 374 g/mol. The van der Waals surface area contributed by atoms with Gasteiger partial charge < -0.3 is 9.67 Å². The monoisotopic (exact) mass is 397 g/mol. The second kappa shape index (κ2) is 8.78. The van der Waals surface area contributed by atoms with Crippen molar-refractivity contribution in [3.63, 3.8) is 0 Å². The summed E-state index contributed by atoms with van der Waals surface area (Å²) in [5.41, 5.74) is 3.55. The molecule has 0 aliphatic rings. The molecule has 1 N–H and O–H groups in total. The van der Waals surface area contributed by atoms with Crippen LogP contribution in [0.5, 0.6) is 0 Å². The first-order chi connectivity index (χ1) is 14.6. The molecule has 0 radical (unpaired) electrons. The predicted molar refractivity (Wildman–Crippen MR) is 119 cm³/mol. The van der Waals surface area contributed by atoms with E-state index in [1.54, 1.807) is 0 Å². The van der Waals surface area contributed by atoms with E-state index < -0.39 is 11.4 Å². The van der Waals surface area contributed by atoms with Crippen LogP contribution in [0.15, 0.2) is 89.9 Å². The van der Waals surface area contributed by atoms with Gasteiger partial charge in [0, 0.05) is 18.1 Å². The predicted octanol–water partition coefficient (Wildman–Crippen LogP) is 4.92. The maximum absolute atomic E-state index is 12.8. The Bertz CT molecular complexity index is 1230. The normalized spacial score (nSPS) is 10.9. The smallest absolute Gasteiger partial charge is 0.341 e. The Hall–Kier alpha value is -3.66. The molecule has 0 fully saturated rings. The summed E-state index contributed by atoms with van der Waals surface area (Å²) >= 11 is 0. The summed E-state index contributed by atoms with van der Waals surface area (Å²) in [6.07, 6.45) is 3.92. The highest BCUT2D eigenvalue weighted by Crippen LogP contribution is 2.18. The third kappa shape index (κ3) is 4.33. The number of carboxylic acids is 1. The standard InChI is InChI=1S/C26H23NO3/c28-25-22-17-21(16-20-10-5-2-6-11-20)13-14-24(22)27(18-23(25)26(29)30)15-7-12-19-8-3-1-4-9-19/h1-6,8-11,13-14,17-18H,7,12,15-16H2,(H,29,30). The Kier molecular flexibility index (Phi) is 5.75. The third-order valence-corrected chi connectivity index (χ3v) is 5.33. The van der Waals surface area contributed by atoms with Gasteiger partial charge in [-0.05, 0) is 48.1 Å². The van der Waals surface area contributed by atoms with E-state index in [9.17, 15) is 14.7 Å². The zero-order chi connectivity index (χ0) is 20.9. The summed E-state index contributed by atoms with van der Waals surface area (Å²) in [6.45, 7) is 0.643. The number of aryl methyl sites for hydroxylation is 2. The van der Waals surface area contributed by atoms with Crippen LogP contribution in [-0.2, 0) is 19.4 Å². The Morgan fingerprint density at radius 3 is 2.17 bits per heavy atom. The number of carbonyl (C=O) groups is 1. The number of pyridine rings is 1. The Labute approximate surface area is 175 Å². The van der Waals surface area contributed by atoms with Crippen molar-refractivity contribution in [3.8, 4) is 0 Å². The van der Waals surface area contributed by atoms with Crippen LogP contribution >= 0.6 is 0 Å². The fourth-order valence-corrected chi connectivity index (χ4v) is 3.82. The molecule has 0 aliphatic carbocycles. The van der Waals surface area contributed by atoms with Crippen LogP contribution in [0.1, 0.15) is 33.5 Å². The SMILES string of the molecule is O=C(O)c1cn(CCCc2ccccc2)c2ccc(Cc3ccccc3)cc2c1=O. The van der Waals surface area contributed by atoms with E-state index in [0.29, 0.717) is 18.4 Å². The van der Waals surface area contributed by atoms with Crippen LogP contribution in [-0.4, -0.2) is 15.6 Å². The molecule has 0 spiro atoms. The molecule has 0 bridgehead atoms. The van der Waals surface area contributed by atoms with Crippen molar-refractivity contribution in [1.29, 1.82) is 0 Å². The molecule has 1 aromatic heterocycles.